The third kappa shape index (κ3) is 6.69. The molecule has 4 rings (SSSR count). The van der Waals surface area contributed by atoms with Gasteiger partial charge in [0.2, 0.25) is 0 Å². The zero-order chi connectivity index (χ0) is 22.2. The molecule has 1 saturated carbocycles. The minimum atomic E-state index is -0.441. The summed E-state index contributed by atoms with van der Waals surface area (Å²) in [6.45, 7) is 8.38. The van der Waals surface area contributed by atoms with Crippen LogP contribution < -0.4 is 10.6 Å². The fourth-order valence-electron chi connectivity index (χ4n) is 5.63. The fraction of sp³-hybridized carbons (Fsp3) is 0.731. The number of aliphatic hydroxyl groups excluding tert-OH is 1. The van der Waals surface area contributed by atoms with E-state index in [1.165, 1.54) is 69.2 Å². The smallest absolute Gasteiger partial charge is 0.191 e. The number of nitrogens with zero attached hydrogens (tertiary/aromatic N) is 3. The van der Waals surface area contributed by atoms with Crippen LogP contribution in [0.1, 0.15) is 63.0 Å². The maximum absolute atomic E-state index is 10.6. The highest BCUT2D eigenvalue weighted by Crippen LogP contribution is 2.25. The summed E-state index contributed by atoms with van der Waals surface area (Å²) in [6, 6.07) is 9.96. The number of guanidine groups is 1. The molecule has 6 nitrogen and oxygen atoms in total. The molecule has 2 aliphatic heterocycles. The maximum Gasteiger partial charge on any atom is 0.191 e. The lowest BCUT2D eigenvalue weighted by molar-refractivity contribution is 0.111. The van der Waals surface area contributed by atoms with Crippen molar-refractivity contribution in [2.24, 2.45) is 4.99 Å². The number of hydrogen-bond donors (Lipinski definition) is 3. The van der Waals surface area contributed by atoms with Crippen molar-refractivity contribution in [1.29, 1.82) is 0 Å². The summed E-state index contributed by atoms with van der Waals surface area (Å²) in [5, 5.41) is 17.7. The minimum Gasteiger partial charge on any atom is -0.390 e. The third-order valence-electron chi connectivity index (χ3n) is 7.44. The van der Waals surface area contributed by atoms with Gasteiger partial charge in [-0.25, -0.2) is 0 Å². The molecule has 3 N–H and O–H groups in total. The van der Waals surface area contributed by atoms with Gasteiger partial charge in [0.25, 0.3) is 0 Å². The van der Waals surface area contributed by atoms with E-state index in [-0.39, 0.29) is 0 Å². The Labute approximate surface area is 194 Å². The molecule has 1 atom stereocenters. The van der Waals surface area contributed by atoms with Crippen molar-refractivity contribution in [3.63, 3.8) is 0 Å². The second-order valence-corrected chi connectivity index (χ2v) is 9.87. The van der Waals surface area contributed by atoms with E-state index in [0.717, 1.165) is 38.1 Å². The van der Waals surface area contributed by atoms with Crippen LogP contribution in [0.2, 0.25) is 0 Å². The number of rotatable bonds is 7. The molecule has 0 amide bonds. The quantitative estimate of drug-likeness (QED) is 0.449. The molecule has 1 unspecified atom stereocenters. The molecule has 3 aliphatic rings. The van der Waals surface area contributed by atoms with Crippen LogP contribution in [0.4, 0.5) is 0 Å². The summed E-state index contributed by atoms with van der Waals surface area (Å²) in [5.41, 5.74) is 2.84. The minimum absolute atomic E-state index is 0.439. The van der Waals surface area contributed by atoms with Crippen molar-refractivity contribution in [3.05, 3.63) is 35.4 Å². The lowest BCUT2D eigenvalue weighted by Crippen LogP contribution is -2.51. The van der Waals surface area contributed by atoms with Crippen LogP contribution in [-0.2, 0) is 13.0 Å². The summed E-state index contributed by atoms with van der Waals surface area (Å²) in [7, 11) is 0. The molecule has 0 spiro atoms. The molecule has 1 aromatic rings. The lowest BCUT2D eigenvalue weighted by atomic mass is 9.92. The van der Waals surface area contributed by atoms with Gasteiger partial charge in [-0.3, -0.25) is 9.89 Å². The first-order chi connectivity index (χ1) is 15.7. The molecule has 0 radical (unpaired) electrons. The van der Waals surface area contributed by atoms with Gasteiger partial charge in [0.15, 0.2) is 5.96 Å². The Morgan fingerprint density at radius 1 is 1.06 bits per heavy atom. The van der Waals surface area contributed by atoms with Crippen molar-refractivity contribution in [2.75, 3.05) is 39.3 Å². The van der Waals surface area contributed by atoms with Crippen molar-refractivity contribution in [1.82, 2.24) is 20.4 Å². The predicted octanol–water partition coefficient (Wildman–Crippen LogP) is 2.76. The number of piperidine rings is 1. The average molecular weight is 442 g/mol. The monoisotopic (exact) mass is 441 g/mol. The van der Waals surface area contributed by atoms with Crippen LogP contribution in [0.25, 0.3) is 0 Å². The highest BCUT2D eigenvalue weighted by atomic mass is 16.3. The van der Waals surface area contributed by atoms with Gasteiger partial charge in [0.05, 0.1) is 12.6 Å². The zero-order valence-electron chi connectivity index (χ0n) is 19.9. The van der Waals surface area contributed by atoms with E-state index in [9.17, 15) is 5.11 Å². The van der Waals surface area contributed by atoms with E-state index >= 15 is 0 Å². The number of fused-ring (bicyclic) bond motifs is 1. The van der Waals surface area contributed by atoms with E-state index in [0.29, 0.717) is 19.1 Å². The summed E-state index contributed by atoms with van der Waals surface area (Å²) in [6.07, 6.45) is 10.0. The van der Waals surface area contributed by atoms with Gasteiger partial charge >= 0.3 is 0 Å². The molecule has 32 heavy (non-hydrogen) atoms. The standard InChI is InChI=1S/C26H43N5O/c1-2-27-26(29-23-13-16-31(17-14-23)24-10-4-3-5-11-24)28-18-25(32)20-30-15-12-21-8-6-7-9-22(21)19-30/h6-9,23-25,32H,2-5,10-20H2,1H3,(H2,27,28,29). The molecule has 0 aromatic heterocycles. The number of nitrogens with one attached hydrogen (secondary N) is 2. The van der Waals surface area contributed by atoms with Gasteiger partial charge in [-0.2, -0.15) is 0 Å². The van der Waals surface area contributed by atoms with Gasteiger partial charge in [0.1, 0.15) is 0 Å². The molecular weight excluding hydrogens is 398 g/mol. The molecule has 1 aliphatic carbocycles. The van der Waals surface area contributed by atoms with Crippen molar-refractivity contribution >= 4 is 5.96 Å². The molecule has 6 heteroatoms. The van der Waals surface area contributed by atoms with Gasteiger partial charge in [0, 0.05) is 51.4 Å². The number of benzene rings is 1. The maximum atomic E-state index is 10.6. The number of likely N-dealkylation sites (tertiary alicyclic amines) is 1. The van der Waals surface area contributed by atoms with Crippen LogP contribution in [-0.4, -0.2) is 78.3 Å². The molecule has 2 fully saturated rings. The summed E-state index contributed by atoms with van der Waals surface area (Å²) >= 11 is 0. The largest absolute Gasteiger partial charge is 0.390 e. The average Bonchev–Trinajstić information content (AvgIpc) is 2.84. The Kier molecular flexibility index (Phi) is 8.83. The topological polar surface area (TPSA) is 63.1 Å². The van der Waals surface area contributed by atoms with Crippen LogP contribution in [0, 0.1) is 0 Å². The van der Waals surface area contributed by atoms with Crippen molar-refractivity contribution in [3.8, 4) is 0 Å². The second kappa shape index (κ2) is 12.0. The van der Waals surface area contributed by atoms with E-state index in [1.807, 2.05) is 0 Å². The Morgan fingerprint density at radius 2 is 1.81 bits per heavy atom. The third-order valence-corrected chi connectivity index (χ3v) is 7.44. The molecular formula is C26H43N5O. The molecule has 2 heterocycles. The SMILES string of the molecule is CCNC(=NCC(O)CN1CCc2ccccc2C1)NC1CCN(C2CCCCC2)CC1. The summed E-state index contributed by atoms with van der Waals surface area (Å²) < 4.78 is 0. The first-order valence-corrected chi connectivity index (χ1v) is 13.0. The van der Waals surface area contributed by atoms with E-state index in [1.54, 1.807) is 0 Å². The molecule has 178 valence electrons. The van der Waals surface area contributed by atoms with Crippen molar-refractivity contribution in [2.45, 2.75) is 83.0 Å². The number of aliphatic hydroxyl groups is 1. The van der Waals surface area contributed by atoms with Gasteiger partial charge in [-0.05, 0) is 50.2 Å². The highest BCUT2D eigenvalue weighted by Gasteiger charge is 2.26. The summed E-state index contributed by atoms with van der Waals surface area (Å²) in [5.74, 6) is 0.853. The predicted molar refractivity (Wildman–Crippen MR) is 132 cm³/mol. The Hall–Kier alpha value is -1.63. The Bertz CT molecular complexity index is 725. The van der Waals surface area contributed by atoms with Gasteiger partial charge in [-0.1, -0.05) is 43.5 Å². The second-order valence-electron chi connectivity index (χ2n) is 9.87. The van der Waals surface area contributed by atoms with E-state index in [2.05, 4.69) is 51.6 Å². The first kappa shape index (κ1) is 23.5. The van der Waals surface area contributed by atoms with Crippen molar-refractivity contribution < 1.29 is 5.11 Å². The first-order valence-electron chi connectivity index (χ1n) is 13.0. The highest BCUT2D eigenvalue weighted by molar-refractivity contribution is 5.80. The van der Waals surface area contributed by atoms with E-state index < -0.39 is 6.10 Å². The van der Waals surface area contributed by atoms with E-state index in [4.69, 9.17) is 4.99 Å². The van der Waals surface area contributed by atoms with Gasteiger partial charge < -0.3 is 20.6 Å². The molecule has 1 aromatic carbocycles. The molecule has 1 saturated heterocycles. The van der Waals surface area contributed by atoms with Crippen LogP contribution in [0.15, 0.2) is 29.3 Å². The normalized spacial score (nSPS) is 23.0. The van der Waals surface area contributed by atoms with Gasteiger partial charge in [-0.15, -0.1) is 0 Å². The molecule has 0 bridgehead atoms. The lowest BCUT2D eigenvalue weighted by Gasteiger charge is -2.39. The zero-order valence-corrected chi connectivity index (χ0v) is 19.9. The van der Waals surface area contributed by atoms with Crippen LogP contribution >= 0.6 is 0 Å². The Morgan fingerprint density at radius 3 is 2.56 bits per heavy atom. The summed E-state index contributed by atoms with van der Waals surface area (Å²) in [4.78, 5) is 9.81. The van der Waals surface area contributed by atoms with Crippen LogP contribution in [0.3, 0.4) is 0 Å². The number of hydrogen-bond acceptors (Lipinski definition) is 4. The van der Waals surface area contributed by atoms with Crippen LogP contribution in [0.5, 0.6) is 0 Å². The Balaban J connectivity index is 1.21. The number of aliphatic imine (C=N–C) groups is 1. The number of β-amino-alcohol motifs (C(OH)–C–C–N with tert-alkyl or cyclic N) is 1. The fourth-order valence-corrected chi connectivity index (χ4v) is 5.63.